The molecule has 0 bridgehead atoms. The summed E-state index contributed by atoms with van der Waals surface area (Å²) in [5, 5.41) is 0. The highest BCUT2D eigenvalue weighted by atomic mass is 32.2. The predicted octanol–water partition coefficient (Wildman–Crippen LogP) is 4.41. The Balaban J connectivity index is 1.69. The Labute approximate surface area is 161 Å². The smallest absolute Gasteiger partial charge is 0.254 e. The van der Waals surface area contributed by atoms with Crippen molar-refractivity contribution in [1.29, 1.82) is 0 Å². The number of likely N-dealkylation sites (tertiary alicyclic amines) is 1. The van der Waals surface area contributed by atoms with Crippen LogP contribution in [0.15, 0.2) is 47.4 Å². The number of nitrogens with zero attached hydrogens (tertiary/aromatic N) is 1. The van der Waals surface area contributed by atoms with E-state index in [9.17, 15) is 4.79 Å². The molecule has 26 heavy (non-hydrogen) atoms. The monoisotopic (exact) mass is 368 g/mol. The van der Waals surface area contributed by atoms with Gasteiger partial charge in [-0.05, 0) is 69.0 Å². The molecule has 0 aromatic heterocycles. The first-order valence-electron chi connectivity index (χ1n) is 9.28. The van der Waals surface area contributed by atoms with Gasteiger partial charge in [0.15, 0.2) is 0 Å². The molecule has 1 aliphatic heterocycles. The molecule has 1 saturated heterocycles. The van der Waals surface area contributed by atoms with Crippen LogP contribution in [0.4, 0.5) is 0 Å². The standard InChI is InChI=1S/C22H28N2OS/c1-15-7-8-21(16(2)9-15)26-14-18-5-4-6-20(11-18)22(25)24-13-19(12-23)10-17(24)3/h4-9,11,17,19H,10,12-14,23H2,1-3H3. The van der Waals surface area contributed by atoms with Crippen molar-refractivity contribution in [3.63, 3.8) is 0 Å². The van der Waals surface area contributed by atoms with Crippen molar-refractivity contribution in [1.82, 2.24) is 4.90 Å². The van der Waals surface area contributed by atoms with Crippen LogP contribution in [-0.4, -0.2) is 29.9 Å². The second-order valence-corrected chi connectivity index (χ2v) is 8.42. The molecule has 2 unspecified atom stereocenters. The lowest BCUT2D eigenvalue weighted by Gasteiger charge is -2.22. The summed E-state index contributed by atoms with van der Waals surface area (Å²) in [7, 11) is 0. The van der Waals surface area contributed by atoms with Crippen molar-refractivity contribution in [2.45, 2.75) is 43.9 Å². The summed E-state index contributed by atoms with van der Waals surface area (Å²) in [6.07, 6.45) is 1.00. The number of carbonyl (C=O) groups excluding carboxylic acids is 1. The summed E-state index contributed by atoms with van der Waals surface area (Å²) >= 11 is 1.82. The molecule has 4 heteroatoms. The Morgan fingerprint density at radius 3 is 2.73 bits per heavy atom. The van der Waals surface area contributed by atoms with Crippen molar-refractivity contribution >= 4 is 17.7 Å². The van der Waals surface area contributed by atoms with E-state index >= 15 is 0 Å². The molecular weight excluding hydrogens is 340 g/mol. The highest BCUT2D eigenvalue weighted by Crippen LogP contribution is 2.28. The Morgan fingerprint density at radius 1 is 1.23 bits per heavy atom. The minimum atomic E-state index is 0.131. The van der Waals surface area contributed by atoms with E-state index in [2.05, 4.69) is 45.0 Å². The number of thioether (sulfide) groups is 1. The predicted molar refractivity (Wildman–Crippen MR) is 110 cm³/mol. The molecular formula is C22H28N2OS. The van der Waals surface area contributed by atoms with E-state index in [1.165, 1.54) is 21.6 Å². The van der Waals surface area contributed by atoms with Crippen LogP contribution in [0.5, 0.6) is 0 Å². The first kappa shape index (κ1) is 19.0. The second kappa shape index (κ2) is 8.28. The zero-order chi connectivity index (χ0) is 18.7. The van der Waals surface area contributed by atoms with Crippen LogP contribution in [0.3, 0.4) is 0 Å². The van der Waals surface area contributed by atoms with E-state index in [0.29, 0.717) is 12.5 Å². The van der Waals surface area contributed by atoms with Crippen molar-refractivity contribution in [2.75, 3.05) is 13.1 Å². The highest BCUT2D eigenvalue weighted by Gasteiger charge is 2.32. The van der Waals surface area contributed by atoms with E-state index in [1.807, 2.05) is 34.9 Å². The normalized spacial score (nSPS) is 19.8. The fourth-order valence-electron chi connectivity index (χ4n) is 3.68. The van der Waals surface area contributed by atoms with Crippen LogP contribution in [0.2, 0.25) is 0 Å². The average molecular weight is 369 g/mol. The summed E-state index contributed by atoms with van der Waals surface area (Å²) in [4.78, 5) is 16.2. The van der Waals surface area contributed by atoms with Crippen molar-refractivity contribution < 1.29 is 4.79 Å². The van der Waals surface area contributed by atoms with E-state index in [0.717, 1.165) is 24.3 Å². The minimum absolute atomic E-state index is 0.131. The molecule has 0 aliphatic carbocycles. The molecule has 1 amide bonds. The van der Waals surface area contributed by atoms with Gasteiger partial charge in [0.2, 0.25) is 0 Å². The highest BCUT2D eigenvalue weighted by molar-refractivity contribution is 7.98. The van der Waals surface area contributed by atoms with Crippen LogP contribution in [0, 0.1) is 19.8 Å². The molecule has 3 rings (SSSR count). The van der Waals surface area contributed by atoms with Gasteiger partial charge < -0.3 is 10.6 Å². The molecule has 0 radical (unpaired) electrons. The van der Waals surface area contributed by atoms with Crippen LogP contribution >= 0.6 is 11.8 Å². The van der Waals surface area contributed by atoms with Gasteiger partial charge in [0, 0.05) is 28.8 Å². The number of hydrogen-bond donors (Lipinski definition) is 1. The van der Waals surface area contributed by atoms with E-state index < -0.39 is 0 Å². The lowest BCUT2D eigenvalue weighted by molar-refractivity contribution is 0.0743. The van der Waals surface area contributed by atoms with Gasteiger partial charge in [-0.15, -0.1) is 11.8 Å². The SMILES string of the molecule is Cc1ccc(SCc2cccc(C(=O)N3CC(CN)CC3C)c2)c(C)c1. The first-order chi connectivity index (χ1) is 12.5. The van der Waals surface area contributed by atoms with Crippen molar-refractivity contribution in [2.24, 2.45) is 11.7 Å². The second-order valence-electron chi connectivity index (χ2n) is 7.40. The lowest BCUT2D eigenvalue weighted by Crippen LogP contribution is -2.34. The van der Waals surface area contributed by atoms with Crippen LogP contribution < -0.4 is 5.73 Å². The van der Waals surface area contributed by atoms with Gasteiger partial charge in [-0.3, -0.25) is 4.79 Å². The molecule has 3 nitrogen and oxygen atoms in total. The third-order valence-corrected chi connectivity index (χ3v) is 6.40. The Kier molecular flexibility index (Phi) is 6.05. The van der Waals surface area contributed by atoms with Gasteiger partial charge in [0.05, 0.1) is 0 Å². The number of nitrogens with two attached hydrogens (primary N) is 1. The first-order valence-corrected chi connectivity index (χ1v) is 10.3. The molecule has 2 atom stereocenters. The molecule has 0 saturated carbocycles. The van der Waals surface area contributed by atoms with Crippen LogP contribution in [0.25, 0.3) is 0 Å². The van der Waals surface area contributed by atoms with Crippen molar-refractivity contribution in [3.05, 3.63) is 64.7 Å². The average Bonchev–Trinajstić information content (AvgIpc) is 3.01. The maximum atomic E-state index is 12.9. The van der Waals surface area contributed by atoms with Crippen molar-refractivity contribution in [3.8, 4) is 0 Å². The van der Waals surface area contributed by atoms with E-state index in [1.54, 1.807) is 0 Å². The zero-order valence-electron chi connectivity index (χ0n) is 15.9. The maximum absolute atomic E-state index is 12.9. The Morgan fingerprint density at radius 2 is 2.04 bits per heavy atom. The van der Waals surface area contributed by atoms with Gasteiger partial charge in [-0.1, -0.05) is 29.8 Å². The van der Waals surface area contributed by atoms with Gasteiger partial charge in [0.25, 0.3) is 5.91 Å². The number of rotatable bonds is 5. The van der Waals surface area contributed by atoms with Gasteiger partial charge >= 0.3 is 0 Å². The molecule has 138 valence electrons. The molecule has 1 fully saturated rings. The van der Waals surface area contributed by atoms with E-state index in [4.69, 9.17) is 5.73 Å². The minimum Gasteiger partial charge on any atom is -0.336 e. The topological polar surface area (TPSA) is 46.3 Å². The zero-order valence-corrected chi connectivity index (χ0v) is 16.7. The fourth-order valence-corrected chi connectivity index (χ4v) is 4.63. The maximum Gasteiger partial charge on any atom is 0.254 e. The van der Waals surface area contributed by atoms with Crippen LogP contribution in [-0.2, 0) is 5.75 Å². The number of carbonyl (C=O) groups is 1. The summed E-state index contributed by atoms with van der Waals surface area (Å²) < 4.78 is 0. The molecule has 2 aromatic carbocycles. The molecule has 1 aliphatic rings. The summed E-state index contributed by atoms with van der Waals surface area (Å²) in [6, 6.07) is 14.9. The van der Waals surface area contributed by atoms with Gasteiger partial charge in [-0.25, -0.2) is 0 Å². The Bertz CT molecular complexity index is 789. The quantitative estimate of drug-likeness (QED) is 0.796. The molecule has 0 spiro atoms. The van der Waals surface area contributed by atoms with Crippen LogP contribution in [0.1, 0.15) is 40.4 Å². The van der Waals surface area contributed by atoms with E-state index in [-0.39, 0.29) is 11.9 Å². The number of amides is 1. The number of hydrogen-bond acceptors (Lipinski definition) is 3. The summed E-state index contributed by atoms with van der Waals surface area (Å²) in [5.74, 6) is 1.43. The molecule has 2 aromatic rings. The summed E-state index contributed by atoms with van der Waals surface area (Å²) in [5.41, 5.74) is 10.4. The van der Waals surface area contributed by atoms with Gasteiger partial charge in [-0.2, -0.15) is 0 Å². The number of benzene rings is 2. The molecule has 1 heterocycles. The third kappa shape index (κ3) is 4.30. The third-order valence-electron chi connectivity index (χ3n) is 5.15. The summed E-state index contributed by atoms with van der Waals surface area (Å²) in [6.45, 7) is 7.81. The number of aryl methyl sites for hydroxylation is 2. The fraction of sp³-hybridized carbons (Fsp3) is 0.409. The molecule has 2 N–H and O–H groups in total. The Hall–Kier alpha value is -1.78. The largest absolute Gasteiger partial charge is 0.336 e. The van der Waals surface area contributed by atoms with Gasteiger partial charge in [0.1, 0.15) is 0 Å². The lowest BCUT2D eigenvalue weighted by atomic mass is 10.1.